The van der Waals surface area contributed by atoms with Crippen molar-refractivity contribution in [3.05, 3.63) is 33.8 Å². The Balaban J connectivity index is 1.83. The van der Waals surface area contributed by atoms with Crippen molar-refractivity contribution in [1.82, 2.24) is 9.97 Å². The van der Waals surface area contributed by atoms with Crippen LogP contribution in [0.3, 0.4) is 0 Å². The van der Waals surface area contributed by atoms with E-state index in [1.165, 1.54) is 22.7 Å². The van der Waals surface area contributed by atoms with Crippen LogP contribution in [-0.4, -0.2) is 23.0 Å². The molecule has 0 spiro atoms. The number of nitrogens with one attached hydrogen (secondary N) is 1. The molecule has 2 aromatic heterocycles. The van der Waals surface area contributed by atoms with Crippen molar-refractivity contribution in [2.24, 2.45) is 5.92 Å². The van der Waals surface area contributed by atoms with E-state index in [-0.39, 0.29) is 5.91 Å². The van der Waals surface area contributed by atoms with Crippen LogP contribution in [0.15, 0.2) is 18.2 Å². The lowest BCUT2D eigenvalue weighted by atomic mass is 10.1. The topological polar surface area (TPSA) is 64.1 Å². The van der Waals surface area contributed by atoms with E-state index in [9.17, 15) is 4.79 Å². The van der Waals surface area contributed by atoms with Gasteiger partial charge in [0, 0.05) is 6.42 Å². The largest absolute Gasteiger partial charge is 0.494 e. The first-order valence-corrected chi connectivity index (χ1v) is 9.32. The van der Waals surface area contributed by atoms with E-state index in [1.807, 2.05) is 25.1 Å². The molecule has 1 amide bonds. The van der Waals surface area contributed by atoms with E-state index in [0.717, 1.165) is 27.3 Å². The molecule has 2 heterocycles. The zero-order chi connectivity index (χ0) is 17.3. The van der Waals surface area contributed by atoms with Gasteiger partial charge in [0.15, 0.2) is 5.13 Å². The van der Waals surface area contributed by atoms with Crippen LogP contribution in [0.4, 0.5) is 5.13 Å². The van der Waals surface area contributed by atoms with Gasteiger partial charge in [-0.05, 0) is 25.0 Å². The van der Waals surface area contributed by atoms with E-state index in [4.69, 9.17) is 4.74 Å². The molecule has 0 aliphatic carbocycles. The van der Waals surface area contributed by atoms with Crippen molar-refractivity contribution in [3.8, 4) is 5.75 Å². The van der Waals surface area contributed by atoms with Crippen molar-refractivity contribution in [2.45, 2.75) is 27.2 Å². The normalized spacial score (nSPS) is 11.2. The van der Waals surface area contributed by atoms with E-state index in [1.54, 1.807) is 7.11 Å². The van der Waals surface area contributed by atoms with Gasteiger partial charge >= 0.3 is 0 Å². The summed E-state index contributed by atoms with van der Waals surface area (Å²) in [7, 11) is 1.61. The molecule has 3 aromatic rings. The number of carbonyl (C=O) groups excluding carboxylic acids is 1. The van der Waals surface area contributed by atoms with Crippen LogP contribution >= 0.6 is 22.7 Å². The second kappa shape index (κ2) is 6.86. The molecule has 126 valence electrons. The zero-order valence-corrected chi connectivity index (χ0v) is 15.7. The Bertz CT molecular complexity index is 883. The average molecular weight is 361 g/mol. The summed E-state index contributed by atoms with van der Waals surface area (Å²) in [5.74, 6) is 1.07. The highest BCUT2D eigenvalue weighted by molar-refractivity contribution is 7.22. The number of thiazole rings is 2. The van der Waals surface area contributed by atoms with Crippen LogP contribution in [0.25, 0.3) is 10.2 Å². The van der Waals surface area contributed by atoms with Gasteiger partial charge in [0.1, 0.15) is 16.1 Å². The number of aromatic nitrogens is 2. The van der Waals surface area contributed by atoms with Gasteiger partial charge < -0.3 is 4.74 Å². The Hall–Kier alpha value is -1.99. The molecule has 0 fully saturated rings. The van der Waals surface area contributed by atoms with Crippen LogP contribution in [-0.2, 0) is 6.42 Å². The van der Waals surface area contributed by atoms with Gasteiger partial charge in [-0.3, -0.25) is 10.1 Å². The quantitative estimate of drug-likeness (QED) is 0.725. The summed E-state index contributed by atoms with van der Waals surface area (Å²) >= 11 is 2.89. The number of benzene rings is 1. The van der Waals surface area contributed by atoms with Gasteiger partial charge in [-0.2, -0.15) is 0 Å². The van der Waals surface area contributed by atoms with E-state index >= 15 is 0 Å². The molecule has 0 bridgehead atoms. The molecule has 1 aromatic carbocycles. The Labute approximate surface area is 148 Å². The molecular weight excluding hydrogens is 342 g/mol. The van der Waals surface area contributed by atoms with Crippen LogP contribution in [0.2, 0.25) is 0 Å². The zero-order valence-electron chi connectivity index (χ0n) is 14.0. The molecule has 0 unspecified atom stereocenters. The number of methoxy groups -OCH3 is 1. The third-order valence-electron chi connectivity index (χ3n) is 3.45. The molecule has 3 rings (SSSR count). The van der Waals surface area contributed by atoms with Crippen molar-refractivity contribution in [3.63, 3.8) is 0 Å². The minimum Gasteiger partial charge on any atom is -0.494 e. The summed E-state index contributed by atoms with van der Waals surface area (Å²) < 4.78 is 6.29. The van der Waals surface area contributed by atoms with Crippen LogP contribution in [0.5, 0.6) is 5.75 Å². The van der Waals surface area contributed by atoms with Gasteiger partial charge in [-0.25, -0.2) is 9.97 Å². The molecule has 1 N–H and O–H groups in total. The predicted octanol–water partition coefficient (Wildman–Crippen LogP) is 4.52. The number of ether oxygens (including phenoxy) is 1. The number of anilines is 1. The van der Waals surface area contributed by atoms with E-state index in [2.05, 4.69) is 29.1 Å². The fourth-order valence-electron chi connectivity index (χ4n) is 2.39. The fraction of sp³-hybridized carbons (Fsp3) is 0.353. The van der Waals surface area contributed by atoms with E-state index in [0.29, 0.717) is 21.7 Å². The number of fused-ring (bicyclic) bond motifs is 1. The highest BCUT2D eigenvalue weighted by atomic mass is 32.1. The Kier molecular flexibility index (Phi) is 4.82. The predicted molar refractivity (Wildman–Crippen MR) is 99.5 cm³/mol. The highest BCUT2D eigenvalue weighted by Crippen LogP contribution is 2.32. The van der Waals surface area contributed by atoms with Gasteiger partial charge in [-0.15, -0.1) is 11.3 Å². The summed E-state index contributed by atoms with van der Waals surface area (Å²) in [5.41, 5.74) is 1.54. The molecule has 24 heavy (non-hydrogen) atoms. The molecule has 0 radical (unpaired) electrons. The van der Waals surface area contributed by atoms with Gasteiger partial charge in [0.25, 0.3) is 5.91 Å². The first-order chi connectivity index (χ1) is 11.5. The monoisotopic (exact) mass is 361 g/mol. The second-order valence-corrected chi connectivity index (χ2v) is 8.01. The first kappa shape index (κ1) is 16.9. The van der Waals surface area contributed by atoms with Crippen molar-refractivity contribution < 1.29 is 9.53 Å². The molecule has 0 saturated carbocycles. The first-order valence-electron chi connectivity index (χ1n) is 7.69. The van der Waals surface area contributed by atoms with Crippen molar-refractivity contribution in [2.75, 3.05) is 12.4 Å². The SMILES string of the molecule is COc1cccc2sc(NC(=O)c3sc(CC(C)C)nc3C)nc12. The minimum absolute atomic E-state index is 0.155. The van der Waals surface area contributed by atoms with Gasteiger partial charge in [0.2, 0.25) is 0 Å². The smallest absolute Gasteiger partial charge is 0.269 e. The number of aryl methyl sites for hydroxylation is 1. The molecule has 0 saturated heterocycles. The molecule has 5 nitrogen and oxygen atoms in total. The van der Waals surface area contributed by atoms with Gasteiger partial charge in [0.05, 0.1) is 22.5 Å². The maximum Gasteiger partial charge on any atom is 0.269 e. The number of nitrogens with zero attached hydrogens (tertiary/aromatic N) is 2. The van der Waals surface area contributed by atoms with Crippen LogP contribution in [0.1, 0.15) is 34.2 Å². The molecule has 0 atom stereocenters. The Morgan fingerprint density at radius 3 is 2.79 bits per heavy atom. The number of hydrogen-bond acceptors (Lipinski definition) is 6. The lowest BCUT2D eigenvalue weighted by Crippen LogP contribution is -2.11. The molecular formula is C17H19N3O2S2. The fourth-order valence-corrected chi connectivity index (χ4v) is 4.45. The van der Waals surface area contributed by atoms with Gasteiger partial charge in [-0.1, -0.05) is 31.3 Å². The lowest BCUT2D eigenvalue weighted by Gasteiger charge is -1.99. The Morgan fingerprint density at radius 2 is 2.08 bits per heavy atom. The maximum absolute atomic E-state index is 12.6. The van der Waals surface area contributed by atoms with E-state index < -0.39 is 0 Å². The number of hydrogen-bond donors (Lipinski definition) is 1. The summed E-state index contributed by atoms with van der Waals surface area (Å²) in [5, 5.41) is 4.46. The average Bonchev–Trinajstić information content (AvgIpc) is 3.08. The molecule has 0 aliphatic rings. The standard InChI is InChI=1S/C17H19N3O2S2/c1-9(2)8-13-18-10(3)15(24-13)16(21)20-17-19-14-11(22-4)6-5-7-12(14)23-17/h5-7,9H,8H2,1-4H3,(H,19,20,21). The third-order valence-corrected chi connectivity index (χ3v) is 5.57. The second-order valence-electron chi connectivity index (χ2n) is 5.90. The van der Waals surface area contributed by atoms with Crippen molar-refractivity contribution in [1.29, 1.82) is 0 Å². The van der Waals surface area contributed by atoms with Crippen molar-refractivity contribution >= 4 is 43.9 Å². The lowest BCUT2D eigenvalue weighted by molar-refractivity contribution is 0.103. The molecule has 0 aliphatic heterocycles. The van der Waals surface area contributed by atoms with Crippen LogP contribution < -0.4 is 10.1 Å². The summed E-state index contributed by atoms with van der Waals surface area (Å²) in [4.78, 5) is 22.2. The third kappa shape index (κ3) is 3.42. The highest BCUT2D eigenvalue weighted by Gasteiger charge is 2.18. The number of para-hydroxylation sites is 1. The number of amides is 1. The molecule has 7 heteroatoms. The summed E-state index contributed by atoms with van der Waals surface area (Å²) in [6, 6.07) is 5.74. The summed E-state index contributed by atoms with van der Waals surface area (Å²) in [6.45, 7) is 6.16. The summed E-state index contributed by atoms with van der Waals surface area (Å²) in [6.07, 6.45) is 0.886. The number of rotatable bonds is 5. The number of carbonyl (C=O) groups is 1. The van der Waals surface area contributed by atoms with Crippen LogP contribution in [0, 0.1) is 12.8 Å². The minimum atomic E-state index is -0.155. The Morgan fingerprint density at radius 1 is 1.29 bits per heavy atom. The maximum atomic E-state index is 12.6.